The first-order chi connectivity index (χ1) is 12.1. The van der Waals surface area contributed by atoms with Crippen molar-refractivity contribution in [2.75, 3.05) is 18.4 Å². The number of anilines is 1. The van der Waals surface area contributed by atoms with Gasteiger partial charge in [-0.05, 0) is 41.7 Å². The summed E-state index contributed by atoms with van der Waals surface area (Å²) in [4.78, 5) is 14.3. The molecule has 1 unspecified atom stereocenters. The largest absolute Gasteiger partial charge is 0.380 e. The van der Waals surface area contributed by atoms with Crippen molar-refractivity contribution in [2.45, 2.75) is 32.2 Å². The van der Waals surface area contributed by atoms with Crippen LogP contribution < -0.4 is 5.32 Å². The second-order valence-corrected chi connectivity index (χ2v) is 6.93. The van der Waals surface area contributed by atoms with Crippen LogP contribution >= 0.6 is 0 Å². The zero-order valence-electron chi connectivity index (χ0n) is 15.0. The molecule has 1 saturated heterocycles. The molecule has 1 heterocycles. The number of para-hydroxylation sites is 1. The Morgan fingerprint density at radius 2 is 1.84 bits per heavy atom. The van der Waals surface area contributed by atoms with Crippen LogP contribution in [0.2, 0.25) is 0 Å². The second-order valence-electron chi connectivity index (χ2n) is 6.93. The number of nitrogens with zero attached hydrogens (tertiary/aromatic N) is 1. The Labute approximate surface area is 150 Å². The van der Waals surface area contributed by atoms with Crippen molar-refractivity contribution < 1.29 is 4.79 Å². The van der Waals surface area contributed by atoms with Gasteiger partial charge in [-0.1, -0.05) is 56.3 Å². The lowest BCUT2D eigenvalue weighted by atomic mass is 10.0. The molecule has 0 spiro atoms. The molecule has 0 bridgehead atoms. The molecule has 0 aliphatic carbocycles. The lowest BCUT2D eigenvalue weighted by Crippen LogP contribution is -2.30. The molecule has 1 aliphatic heterocycles. The quantitative estimate of drug-likeness (QED) is 0.814. The summed E-state index contributed by atoms with van der Waals surface area (Å²) >= 11 is 0. The van der Waals surface area contributed by atoms with Crippen LogP contribution in [-0.4, -0.2) is 29.9 Å². The molecule has 1 fully saturated rings. The Balaban J connectivity index is 1.53. The third-order valence-electron chi connectivity index (χ3n) is 4.67. The molecule has 130 valence electrons. The second kappa shape index (κ2) is 8.02. The van der Waals surface area contributed by atoms with Crippen LogP contribution in [0.15, 0.2) is 60.7 Å². The summed E-state index contributed by atoms with van der Waals surface area (Å²) in [5, 5.41) is 3.50. The molecule has 3 heteroatoms. The van der Waals surface area contributed by atoms with Crippen LogP contribution in [-0.2, 0) is 4.79 Å². The predicted molar refractivity (Wildman–Crippen MR) is 105 cm³/mol. The first-order valence-corrected chi connectivity index (χ1v) is 9.00. The van der Waals surface area contributed by atoms with Gasteiger partial charge in [0.1, 0.15) is 0 Å². The average Bonchev–Trinajstić information content (AvgIpc) is 3.09. The highest BCUT2D eigenvalue weighted by atomic mass is 16.2. The minimum atomic E-state index is 0.0882. The van der Waals surface area contributed by atoms with Gasteiger partial charge in [0.15, 0.2) is 0 Å². The van der Waals surface area contributed by atoms with Gasteiger partial charge in [-0.3, -0.25) is 4.79 Å². The summed E-state index contributed by atoms with van der Waals surface area (Å²) in [6, 6.07) is 18.9. The number of hydrogen-bond donors (Lipinski definition) is 1. The van der Waals surface area contributed by atoms with E-state index in [0.717, 1.165) is 30.8 Å². The number of hydrogen-bond acceptors (Lipinski definition) is 2. The van der Waals surface area contributed by atoms with Gasteiger partial charge in [0.25, 0.3) is 0 Å². The number of nitrogens with one attached hydrogen (secondary N) is 1. The van der Waals surface area contributed by atoms with Crippen LogP contribution in [0.4, 0.5) is 5.69 Å². The van der Waals surface area contributed by atoms with Gasteiger partial charge in [0.05, 0.1) is 0 Å². The smallest absolute Gasteiger partial charge is 0.246 e. The molecule has 0 aromatic heterocycles. The number of amides is 1. The van der Waals surface area contributed by atoms with E-state index in [1.165, 1.54) is 5.56 Å². The molecular formula is C22H26N2O. The standard InChI is InChI=1S/C22H26N2O/c1-17(2)19-11-8-18(9-12-19)10-13-22(25)24-15-14-21(16-24)23-20-6-4-3-5-7-20/h3-13,17,21,23H,14-16H2,1-2H3/b13-10+. The number of carbonyl (C=O) groups is 1. The highest BCUT2D eigenvalue weighted by Gasteiger charge is 2.24. The van der Waals surface area contributed by atoms with Gasteiger partial charge in [-0.15, -0.1) is 0 Å². The summed E-state index contributed by atoms with van der Waals surface area (Å²) in [5.74, 6) is 0.614. The van der Waals surface area contributed by atoms with Crippen LogP contribution in [0.1, 0.15) is 37.3 Å². The number of rotatable bonds is 5. The third-order valence-corrected chi connectivity index (χ3v) is 4.67. The highest BCUT2D eigenvalue weighted by Crippen LogP contribution is 2.17. The van der Waals surface area contributed by atoms with E-state index in [0.29, 0.717) is 12.0 Å². The maximum atomic E-state index is 12.4. The summed E-state index contributed by atoms with van der Waals surface area (Å²) < 4.78 is 0. The molecule has 1 N–H and O–H groups in total. The lowest BCUT2D eigenvalue weighted by molar-refractivity contribution is -0.124. The molecule has 1 amide bonds. The minimum absolute atomic E-state index is 0.0882. The maximum Gasteiger partial charge on any atom is 0.246 e. The number of carbonyl (C=O) groups excluding carboxylic acids is 1. The van der Waals surface area contributed by atoms with Gasteiger partial charge in [-0.2, -0.15) is 0 Å². The van der Waals surface area contributed by atoms with E-state index in [2.05, 4.69) is 55.6 Å². The van der Waals surface area contributed by atoms with Gasteiger partial charge in [0.2, 0.25) is 5.91 Å². The fourth-order valence-corrected chi connectivity index (χ4v) is 3.11. The number of likely N-dealkylation sites (tertiary alicyclic amines) is 1. The van der Waals surface area contributed by atoms with Gasteiger partial charge >= 0.3 is 0 Å². The van der Waals surface area contributed by atoms with Crippen molar-refractivity contribution in [3.63, 3.8) is 0 Å². The van der Waals surface area contributed by atoms with Gasteiger partial charge < -0.3 is 10.2 Å². The molecule has 1 aliphatic rings. The Kier molecular flexibility index (Phi) is 5.54. The first kappa shape index (κ1) is 17.3. The molecule has 3 rings (SSSR count). The Morgan fingerprint density at radius 3 is 2.52 bits per heavy atom. The van der Waals surface area contributed by atoms with Crippen molar-refractivity contribution in [1.29, 1.82) is 0 Å². The van der Waals surface area contributed by atoms with Crippen LogP contribution in [0, 0.1) is 0 Å². The predicted octanol–water partition coefficient (Wildman–Crippen LogP) is 4.54. The maximum absolute atomic E-state index is 12.4. The van der Waals surface area contributed by atoms with E-state index in [9.17, 15) is 4.79 Å². The normalized spacial score (nSPS) is 17.4. The van der Waals surface area contributed by atoms with E-state index in [4.69, 9.17) is 0 Å². The number of benzene rings is 2. The monoisotopic (exact) mass is 334 g/mol. The van der Waals surface area contributed by atoms with E-state index >= 15 is 0 Å². The van der Waals surface area contributed by atoms with E-state index in [-0.39, 0.29) is 5.91 Å². The van der Waals surface area contributed by atoms with Crippen molar-refractivity contribution >= 4 is 17.7 Å². The van der Waals surface area contributed by atoms with Crippen molar-refractivity contribution in [3.05, 3.63) is 71.8 Å². The summed E-state index contributed by atoms with van der Waals surface area (Å²) in [6.45, 7) is 5.92. The molecule has 1 atom stereocenters. The fraction of sp³-hybridized carbons (Fsp3) is 0.318. The summed E-state index contributed by atoms with van der Waals surface area (Å²) in [6.07, 6.45) is 4.58. The minimum Gasteiger partial charge on any atom is -0.380 e. The average molecular weight is 334 g/mol. The van der Waals surface area contributed by atoms with Crippen LogP contribution in [0.5, 0.6) is 0 Å². The summed E-state index contributed by atoms with van der Waals surface area (Å²) in [7, 11) is 0. The Morgan fingerprint density at radius 1 is 1.12 bits per heavy atom. The molecule has 2 aromatic rings. The SMILES string of the molecule is CC(C)c1ccc(/C=C/C(=O)N2CCC(Nc3ccccc3)C2)cc1. The van der Waals surface area contributed by atoms with E-state index in [1.54, 1.807) is 6.08 Å². The van der Waals surface area contributed by atoms with Crippen LogP contribution in [0.3, 0.4) is 0 Å². The zero-order valence-corrected chi connectivity index (χ0v) is 15.0. The molecule has 3 nitrogen and oxygen atoms in total. The third kappa shape index (κ3) is 4.72. The van der Waals surface area contributed by atoms with E-state index < -0.39 is 0 Å². The van der Waals surface area contributed by atoms with Gasteiger partial charge in [-0.25, -0.2) is 0 Å². The van der Waals surface area contributed by atoms with Gasteiger partial charge in [0, 0.05) is 30.9 Å². The van der Waals surface area contributed by atoms with Crippen molar-refractivity contribution in [2.24, 2.45) is 0 Å². The topological polar surface area (TPSA) is 32.3 Å². The molecule has 25 heavy (non-hydrogen) atoms. The first-order valence-electron chi connectivity index (χ1n) is 9.00. The Bertz CT molecular complexity index is 719. The van der Waals surface area contributed by atoms with E-state index in [1.807, 2.05) is 29.2 Å². The molecule has 0 saturated carbocycles. The van der Waals surface area contributed by atoms with Crippen molar-refractivity contribution in [1.82, 2.24) is 4.90 Å². The van der Waals surface area contributed by atoms with Crippen LogP contribution in [0.25, 0.3) is 6.08 Å². The molecular weight excluding hydrogens is 308 g/mol. The molecule has 2 aromatic carbocycles. The summed E-state index contributed by atoms with van der Waals surface area (Å²) in [5.41, 5.74) is 3.50. The Hall–Kier alpha value is -2.55. The lowest BCUT2D eigenvalue weighted by Gasteiger charge is -2.16. The highest BCUT2D eigenvalue weighted by molar-refractivity contribution is 5.92. The van der Waals surface area contributed by atoms with Crippen molar-refractivity contribution in [3.8, 4) is 0 Å². The molecule has 0 radical (unpaired) electrons. The fourth-order valence-electron chi connectivity index (χ4n) is 3.11. The zero-order chi connectivity index (χ0) is 17.6.